The van der Waals surface area contributed by atoms with Gasteiger partial charge in [-0.1, -0.05) is 12.1 Å². The molecule has 0 radical (unpaired) electrons. The molecule has 0 atom stereocenters. The van der Waals surface area contributed by atoms with Gasteiger partial charge in [-0.3, -0.25) is 4.79 Å². The molecule has 0 heterocycles. The van der Waals surface area contributed by atoms with Crippen molar-refractivity contribution in [3.8, 4) is 0 Å². The van der Waals surface area contributed by atoms with E-state index < -0.39 is 17.3 Å². The first-order valence-electron chi connectivity index (χ1n) is 7.01. The van der Waals surface area contributed by atoms with Crippen molar-refractivity contribution in [2.45, 2.75) is 37.4 Å². The Balaban J connectivity index is 0.00000242. The van der Waals surface area contributed by atoms with Crippen molar-refractivity contribution in [3.05, 3.63) is 35.4 Å². The summed E-state index contributed by atoms with van der Waals surface area (Å²) in [6, 6.07) is 5.26. The summed E-state index contributed by atoms with van der Waals surface area (Å²) in [7, 11) is 1.75. The van der Waals surface area contributed by atoms with Crippen LogP contribution in [-0.4, -0.2) is 19.5 Å². The van der Waals surface area contributed by atoms with Gasteiger partial charge in [-0.2, -0.15) is 13.2 Å². The van der Waals surface area contributed by atoms with Crippen LogP contribution in [0.25, 0.3) is 0 Å². The fourth-order valence-corrected chi connectivity index (χ4v) is 2.58. The van der Waals surface area contributed by atoms with E-state index in [0.29, 0.717) is 31.4 Å². The molecule has 0 saturated heterocycles. The van der Waals surface area contributed by atoms with Crippen LogP contribution in [0.4, 0.5) is 13.2 Å². The Kier molecular flexibility index (Phi) is 6.26. The number of hydrogen-bond acceptors (Lipinski definition) is 2. The van der Waals surface area contributed by atoms with Gasteiger partial charge in [0.25, 0.3) is 0 Å². The number of alkyl halides is 3. The number of nitrogens with one attached hydrogen (secondary N) is 2. The smallest absolute Gasteiger partial charge is 0.347 e. The van der Waals surface area contributed by atoms with Gasteiger partial charge in [-0.15, -0.1) is 12.4 Å². The fraction of sp³-hybridized carbons (Fsp3) is 0.533. The molecule has 0 aliphatic heterocycles. The molecule has 0 unspecified atom stereocenters. The van der Waals surface area contributed by atoms with Gasteiger partial charge >= 0.3 is 6.18 Å². The maximum atomic E-state index is 12.8. The number of benzene rings is 1. The van der Waals surface area contributed by atoms with Crippen molar-refractivity contribution < 1.29 is 18.0 Å². The first-order valence-corrected chi connectivity index (χ1v) is 7.01. The molecular formula is C15H20ClF3N2O. The molecule has 22 heavy (non-hydrogen) atoms. The van der Waals surface area contributed by atoms with Crippen molar-refractivity contribution in [3.63, 3.8) is 0 Å². The van der Waals surface area contributed by atoms with Crippen LogP contribution in [0, 0.1) is 0 Å². The highest BCUT2D eigenvalue weighted by Gasteiger charge is 2.41. The van der Waals surface area contributed by atoms with E-state index in [1.54, 1.807) is 13.1 Å². The zero-order valence-electron chi connectivity index (χ0n) is 12.3. The Morgan fingerprint density at radius 3 is 2.50 bits per heavy atom. The number of carbonyl (C=O) groups excluding carboxylic acids is 1. The van der Waals surface area contributed by atoms with Gasteiger partial charge in [0, 0.05) is 13.0 Å². The molecule has 0 aromatic heterocycles. The van der Waals surface area contributed by atoms with E-state index in [1.807, 2.05) is 0 Å². The molecule has 0 bridgehead atoms. The van der Waals surface area contributed by atoms with Crippen molar-refractivity contribution in [1.29, 1.82) is 0 Å². The summed E-state index contributed by atoms with van der Waals surface area (Å²) in [4.78, 5) is 11.9. The van der Waals surface area contributed by atoms with Gasteiger partial charge in [0.2, 0.25) is 5.91 Å². The third-order valence-electron chi connectivity index (χ3n) is 3.93. The van der Waals surface area contributed by atoms with Crippen LogP contribution in [-0.2, 0) is 16.5 Å². The van der Waals surface area contributed by atoms with Crippen LogP contribution < -0.4 is 10.6 Å². The highest BCUT2D eigenvalue weighted by atomic mass is 35.5. The zero-order valence-corrected chi connectivity index (χ0v) is 13.1. The first-order chi connectivity index (χ1) is 9.87. The van der Waals surface area contributed by atoms with E-state index in [0.717, 1.165) is 18.6 Å². The largest absolute Gasteiger partial charge is 0.416 e. The van der Waals surface area contributed by atoms with Gasteiger partial charge in [-0.25, -0.2) is 0 Å². The maximum absolute atomic E-state index is 12.8. The highest BCUT2D eigenvalue weighted by molar-refractivity contribution is 5.85. The van der Waals surface area contributed by atoms with E-state index >= 15 is 0 Å². The Labute approximate surface area is 134 Å². The summed E-state index contributed by atoms with van der Waals surface area (Å²) < 4.78 is 38.4. The van der Waals surface area contributed by atoms with Crippen molar-refractivity contribution in [1.82, 2.24) is 10.6 Å². The minimum absolute atomic E-state index is 0. The standard InChI is InChI=1S/C15H19F3N2O.ClH/c1-19-9-6-13(21)20-14(7-3-8-14)11-4-2-5-12(10-11)15(16,17)18;/h2,4-5,10,19H,3,6-9H2,1H3,(H,20,21);1H. The molecule has 3 nitrogen and oxygen atoms in total. The van der Waals surface area contributed by atoms with Gasteiger partial charge in [0.15, 0.2) is 0 Å². The van der Waals surface area contributed by atoms with E-state index in [1.165, 1.54) is 6.07 Å². The number of rotatable bonds is 5. The van der Waals surface area contributed by atoms with Crippen molar-refractivity contribution in [2.24, 2.45) is 0 Å². The topological polar surface area (TPSA) is 41.1 Å². The van der Waals surface area contributed by atoms with E-state index in [4.69, 9.17) is 0 Å². The SMILES string of the molecule is CNCCC(=O)NC1(c2cccc(C(F)(F)F)c2)CCC1.Cl. The third kappa shape index (κ3) is 4.14. The van der Waals surface area contributed by atoms with Gasteiger partial charge < -0.3 is 10.6 Å². The van der Waals surface area contributed by atoms with Gasteiger partial charge in [0.1, 0.15) is 0 Å². The molecule has 1 aliphatic rings. The second kappa shape index (κ2) is 7.33. The Bertz CT molecular complexity index is 516. The van der Waals surface area contributed by atoms with Crippen molar-refractivity contribution in [2.75, 3.05) is 13.6 Å². The first kappa shape index (κ1) is 18.8. The lowest BCUT2D eigenvalue weighted by molar-refractivity contribution is -0.137. The summed E-state index contributed by atoms with van der Waals surface area (Å²) in [5.41, 5.74) is -0.761. The highest BCUT2D eigenvalue weighted by Crippen LogP contribution is 2.42. The lowest BCUT2D eigenvalue weighted by atomic mass is 9.71. The molecule has 7 heteroatoms. The molecule has 124 valence electrons. The van der Waals surface area contributed by atoms with Gasteiger partial charge in [-0.05, 0) is 44.0 Å². The quantitative estimate of drug-likeness (QED) is 0.866. The van der Waals surface area contributed by atoms with E-state index in [2.05, 4.69) is 10.6 Å². The van der Waals surface area contributed by atoms with Crippen LogP contribution in [0.5, 0.6) is 0 Å². The van der Waals surface area contributed by atoms with Crippen molar-refractivity contribution >= 4 is 18.3 Å². The molecule has 1 fully saturated rings. The summed E-state index contributed by atoms with van der Waals surface area (Å²) >= 11 is 0. The minimum atomic E-state index is -4.36. The predicted molar refractivity (Wildman–Crippen MR) is 80.9 cm³/mol. The lowest BCUT2D eigenvalue weighted by Crippen LogP contribution is -2.51. The molecular weight excluding hydrogens is 317 g/mol. The summed E-state index contributed by atoms with van der Waals surface area (Å²) in [6.07, 6.45) is -1.78. The Hall–Kier alpha value is -1.27. The van der Waals surface area contributed by atoms with Crippen LogP contribution in [0.1, 0.15) is 36.8 Å². The second-order valence-electron chi connectivity index (χ2n) is 5.42. The molecule has 0 spiro atoms. The average molecular weight is 337 g/mol. The number of halogens is 4. The summed E-state index contributed by atoms with van der Waals surface area (Å²) in [5, 5.41) is 5.79. The van der Waals surface area contributed by atoms with Gasteiger partial charge in [0.05, 0.1) is 11.1 Å². The van der Waals surface area contributed by atoms with E-state index in [9.17, 15) is 18.0 Å². The maximum Gasteiger partial charge on any atom is 0.416 e. The van der Waals surface area contributed by atoms with Crippen LogP contribution in [0.15, 0.2) is 24.3 Å². The van der Waals surface area contributed by atoms with E-state index in [-0.39, 0.29) is 18.3 Å². The minimum Gasteiger partial charge on any atom is -0.347 e. The molecule has 1 amide bonds. The summed E-state index contributed by atoms with van der Waals surface area (Å²) in [6.45, 7) is 0.546. The van der Waals surface area contributed by atoms with Crippen LogP contribution in [0.2, 0.25) is 0 Å². The molecule has 1 saturated carbocycles. The summed E-state index contributed by atoms with van der Waals surface area (Å²) in [5.74, 6) is -0.138. The molecule has 1 aromatic carbocycles. The molecule has 1 aliphatic carbocycles. The second-order valence-corrected chi connectivity index (χ2v) is 5.42. The lowest BCUT2D eigenvalue weighted by Gasteiger charge is -2.43. The van der Waals surface area contributed by atoms with Crippen LogP contribution >= 0.6 is 12.4 Å². The zero-order chi connectivity index (χ0) is 15.5. The molecule has 2 N–H and O–H groups in total. The molecule has 1 aromatic rings. The number of amides is 1. The fourth-order valence-electron chi connectivity index (χ4n) is 2.58. The predicted octanol–water partition coefficient (Wildman–Crippen LogP) is 3.23. The van der Waals surface area contributed by atoms with Crippen LogP contribution in [0.3, 0.4) is 0 Å². The average Bonchev–Trinajstić information content (AvgIpc) is 2.40. The number of carbonyl (C=O) groups is 1. The third-order valence-corrected chi connectivity index (χ3v) is 3.93. The number of hydrogen-bond donors (Lipinski definition) is 2. The monoisotopic (exact) mass is 336 g/mol. The Morgan fingerprint density at radius 2 is 2.00 bits per heavy atom. The molecule has 2 rings (SSSR count). The normalized spacial score (nSPS) is 16.4. The Morgan fingerprint density at radius 1 is 1.32 bits per heavy atom.